The molecule has 1 amide bonds. The zero-order valence-electron chi connectivity index (χ0n) is 13.7. The average Bonchev–Trinajstić information content (AvgIpc) is 3.13. The summed E-state index contributed by atoms with van der Waals surface area (Å²) in [5.41, 5.74) is 5.06. The average molecular weight is 380 g/mol. The molecule has 25 heavy (non-hydrogen) atoms. The first-order chi connectivity index (χ1) is 11.8. The molecule has 4 N–H and O–H groups in total. The van der Waals surface area contributed by atoms with Gasteiger partial charge in [0.2, 0.25) is 5.82 Å². The zero-order valence-corrected chi connectivity index (χ0v) is 14.6. The van der Waals surface area contributed by atoms with Crippen molar-refractivity contribution >= 4 is 13.7 Å². The van der Waals surface area contributed by atoms with E-state index in [1.54, 1.807) is 13.8 Å². The van der Waals surface area contributed by atoms with Crippen LogP contribution >= 0.6 is 7.82 Å². The van der Waals surface area contributed by atoms with E-state index in [0.29, 0.717) is 0 Å². The van der Waals surface area contributed by atoms with Crippen molar-refractivity contribution in [1.29, 1.82) is 0 Å². The van der Waals surface area contributed by atoms with Crippen molar-refractivity contribution in [2.75, 3.05) is 19.8 Å². The number of hydrogen-bond donors (Lipinski definition) is 3. The maximum Gasteiger partial charge on any atom is 0.474 e. The first-order valence-electron chi connectivity index (χ1n) is 7.57. The molecule has 1 saturated heterocycles. The Bertz CT molecular complexity index is 630. The molecule has 1 aliphatic rings. The maximum absolute atomic E-state index is 12.2. The monoisotopic (exact) mass is 380 g/mol. The van der Waals surface area contributed by atoms with Gasteiger partial charge in [0.05, 0.1) is 19.8 Å². The lowest BCUT2D eigenvalue weighted by molar-refractivity contribution is -0.0597. The molecule has 1 aromatic heterocycles. The predicted octanol–water partition coefficient (Wildman–Crippen LogP) is -0.806. The predicted molar refractivity (Wildman–Crippen MR) is 81.3 cm³/mol. The van der Waals surface area contributed by atoms with Gasteiger partial charge >= 0.3 is 7.82 Å². The smallest absolute Gasteiger partial charge is 0.387 e. The first kappa shape index (κ1) is 19.9. The van der Waals surface area contributed by atoms with E-state index in [1.807, 2.05) is 0 Å². The molecule has 2 heterocycles. The van der Waals surface area contributed by atoms with Crippen LogP contribution in [0, 0.1) is 0 Å². The molecule has 1 fully saturated rings. The lowest BCUT2D eigenvalue weighted by Gasteiger charge is -2.20. The SMILES string of the molecule is CCOP(=O)(OCC)OC[C@H]1OC(n2cnc(C(N)=O)n2)[C@H](O)[C@@H]1O. The molecule has 0 bridgehead atoms. The van der Waals surface area contributed by atoms with Crippen molar-refractivity contribution < 1.29 is 37.9 Å². The second-order valence-electron chi connectivity index (χ2n) is 5.04. The number of nitrogens with two attached hydrogens (primary N) is 1. The number of rotatable bonds is 9. The number of phosphoric ester groups is 1. The standard InChI is InChI=1S/C12H21N4O8P/c1-3-21-25(20,22-4-2)23-5-7-8(17)9(18)12(24-7)16-6-14-11(15-16)10(13)19/h6-9,12,17-18H,3-5H2,1-2H3,(H2,13,19)/t7-,8-,9-,12?/m1/s1. The second kappa shape index (κ2) is 8.32. The summed E-state index contributed by atoms with van der Waals surface area (Å²) < 4.78 is 33.8. The number of carbonyl (C=O) groups is 1. The van der Waals surface area contributed by atoms with E-state index in [1.165, 1.54) is 0 Å². The number of primary amides is 1. The Labute approximate surface area is 143 Å². The summed E-state index contributed by atoms with van der Waals surface area (Å²) in [4.78, 5) is 14.7. The number of amides is 1. The number of aliphatic hydroxyl groups is 2. The Morgan fingerprint density at radius 3 is 2.48 bits per heavy atom. The Kier molecular flexibility index (Phi) is 6.63. The highest BCUT2D eigenvalue weighted by Crippen LogP contribution is 2.49. The Hall–Kier alpha value is -1.40. The highest BCUT2D eigenvalue weighted by atomic mass is 31.2. The van der Waals surface area contributed by atoms with Crippen LogP contribution in [0.25, 0.3) is 0 Å². The molecule has 13 heteroatoms. The molecule has 142 valence electrons. The molecule has 0 spiro atoms. The Morgan fingerprint density at radius 1 is 1.32 bits per heavy atom. The van der Waals surface area contributed by atoms with Crippen LogP contribution in [0.5, 0.6) is 0 Å². The molecule has 2 rings (SSSR count). The minimum absolute atomic E-state index is 0.103. The van der Waals surface area contributed by atoms with Gasteiger partial charge in [-0.3, -0.25) is 18.4 Å². The van der Waals surface area contributed by atoms with Gasteiger partial charge in [-0.15, -0.1) is 5.10 Å². The quantitative estimate of drug-likeness (QED) is 0.461. The molecular formula is C12H21N4O8P. The third-order valence-electron chi connectivity index (χ3n) is 3.30. The topological polar surface area (TPSA) is 168 Å². The van der Waals surface area contributed by atoms with Gasteiger partial charge in [-0.2, -0.15) is 0 Å². The third kappa shape index (κ3) is 4.61. The maximum atomic E-state index is 12.2. The number of phosphoric acid groups is 1. The van der Waals surface area contributed by atoms with Crippen molar-refractivity contribution in [3.8, 4) is 0 Å². The number of nitrogens with zero attached hydrogens (tertiary/aromatic N) is 3. The number of hydrogen-bond acceptors (Lipinski definition) is 10. The summed E-state index contributed by atoms with van der Waals surface area (Å²) in [6, 6.07) is 0. The number of ether oxygens (including phenoxy) is 1. The molecule has 1 aromatic rings. The van der Waals surface area contributed by atoms with Gasteiger partial charge in [0.1, 0.15) is 24.6 Å². The molecule has 0 saturated carbocycles. The van der Waals surface area contributed by atoms with E-state index in [-0.39, 0.29) is 25.6 Å². The molecule has 4 atom stereocenters. The van der Waals surface area contributed by atoms with Crippen molar-refractivity contribution in [3.63, 3.8) is 0 Å². The number of aliphatic hydroxyl groups excluding tert-OH is 2. The van der Waals surface area contributed by atoms with E-state index in [9.17, 15) is 19.6 Å². The van der Waals surface area contributed by atoms with Crippen LogP contribution in [0.3, 0.4) is 0 Å². The van der Waals surface area contributed by atoms with Crippen LogP contribution in [0.2, 0.25) is 0 Å². The fraction of sp³-hybridized carbons (Fsp3) is 0.750. The van der Waals surface area contributed by atoms with Crippen molar-refractivity contribution in [3.05, 3.63) is 12.2 Å². The lowest BCUT2D eigenvalue weighted by Crippen LogP contribution is -2.33. The summed E-state index contributed by atoms with van der Waals surface area (Å²) in [6.07, 6.45) is -3.76. The zero-order chi connectivity index (χ0) is 18.6. The largest absolute Gasteiger partial charge is 0.474 e. The van der Waals surface area contributed by atoms with Crippen molar-refractivity contribution in [1.82, 2.24) is 14.8 Å². The van der Waals surface area contributed by atoms with Crippen LogP contribution in [-0.2, 0) is 22.9 Å². The Morgan fingerprint density at radius 2 is 1.96 bits per heavy atom. The van der Waals surface area contributed by atoms with Gasteiger partial charge in [0, 0.05) is 0 Å². The highest BCUT2D eigenvalue weighted by Gasteiger charge is 2.45. The second-order valence-corrected chi connectivity index (χ2v) is 6.71. The lowest BCUT2D eigenvalue weighted by atomic mass is 10.1. The molecule has 0 aromatic carbocycles. The minimum atomic E-state index is -3.79. The van der Waals surface area contributed by atoms with Gasteiger partial charge in [-0.1, -0.05) is 0 Å². The van der Waals surface area contributed by atoms with E-state index in [4.69, 9.17) is 24.0 Å². The van der Waals surface area contributed by atoms with Gasteiger partial charge in [0.15, 0.2) is 6.23 Å². The number of carbonyl (C=O) groups excluding carboxylic acids is 1. The summed E-state index contributed by atoms with van der Waals surface area (Å²) in [6.45, 7) is 3.09. The number of aromatic nitrogens is 3. The summed E-state index contributed by atoms with van der Waals surface area (Å²) in [5, 5.41) is 23.9. The third-order valence-corrected chi connectivity index (χ3v) is 4.91. The summed E-state index contributed by atoms with van der Waals surface area (Å²) in [5.74, 6) is -1.11. The van der Waals surface area contributed by atoms with Crippen molar-refractivity contribution in [2.24, 2.45) is 5.73 Å². The van der Waals surface area contributed by atoms with Gasteiger partial charge in [-0.25, -0.2) is 14.2 Å². The van der Waals surface area contributed by atoms with Crippen LogP contribution in [-0.4, -0.2) is 69.0 Å². The van der Waals surface area contributed by atoms with Crippen LogP contribution in [0.15, 0.2) is 6.33 Å². The van der Waals surface area contributed by atoms with Gasteiger partial charge < -0.3 is 20.7 Å². The molecule has 12 nitrogen and oxygen atoms in total. The fourth-order valence-corrected chi connectivity index (χ4v) is 3.37. The molecular weight excluding hydrogens is 359 g/mol. The van der Waals surface area contributed by atoms with Gasteiger partial charge in [0.25, 0.3) is 5.91 Å². The molecule has 1 unspecified atom stereocenters. The van der Waals surface area contributed by atoms with Crippen LogP contribution in [0.1, 0.15) is 30.7 Å². The first-order valence-corrected chi connectivity index (χ1v) is 9.03. The van der Waals surface area contributed by atoms with Crippen LogP contribution < -0.4 is 5.73 Å². The van der Waals surface area contributed by atoms with E-state index >= 15 is 0 Å². The fourth-order valence-electron chi connectivity index (χ4n) is 2.19. The normalized spacial score (nSPS) is 26.9. The summed E-state index contributed by atoms with van der Waals surface area (Å²) >= 11 is 0. The molecule has 0 radical (unpaired) electrons. The summed E-state index contributed by atoms with van der Waals surface area (Å²) in [7, 11) is -3.79. The van der Waals surface area contributed by atoms with Crippen molar-refractivity contribution in [2.45, 2.75) is 38.4 Å². The van der Waals surface area contributed by atoms with E-state index in [0.717, 1.165) is 11.0 Å². The molecule has 0 aliphatic carbocycles. The van der Waals surface area contributed by atoms with Crippen LogP contribution in [0.4, 0.5) is 0 Å². The molecule has 1 aliphatic heterocycles. The van der Waals surface area contributed by atoms with E-state index in [2.05, 4.69) is 10.1 Å². The Balaban J connectivity index is 2.03. The minimum Gasteiger partial charge on any atom is -0.387 e. The highest BCUT2D eigenvalue weighted by molar-refractivity contribution is 7.48. The van der Waals surface area contributed by atoms with E-state index < -0.39 is 38.3 Å². The van der Waals surface area contributed by atoms with Gasteiger partial charge in [-0.05, 0) is 13.8 Å².